The molecule has 1 aliphatic carbocycles. The molecule has 0 spiro atoms. The van der Waals surface area contributed by atoms with Crippen molar-refractivity contribution in [1.29, 1.82) is 0 Å². The smallest absolute Gasteiger partial charge is 0.165 e. The molecule has 0 atom stereocenters. The first kappa shape index (κ1) is 40.8. The molecule has 0 bridgehead atoms. The minimum absolute atomic E-state index is 0.0114. The van der Waals surface area contributed by atoms with Crippen LogP contribution in [0.15, 0.2) is 61.4 Å². The molecule has 1 aromatic carbocycles. The summed E-state index contributed by atoms with van der Waals surface area (Å²) in [7, 11) is -0.946. The number of anilines is 1. The fraction of sp³-hybridized carbons (Fsp3) is 0.537. The molecule has 4 aromatic rings. The Labute approximate surface area is 318 Å². The van der Waals surface area contributed by atoms with Crippen molar-refractivity contribution in [2.75, 3.05) is 51.9 Å². The van der Waals surface area contributed by atoms with Crippen LogP contribution in [-0.2, 0) is 18.9 Å². The Hall–Kier alpha value is -3.40. The van der Waals surface area contributed by atoms with Crippen molar-refractivity contribution >= 4 is 33.4 Å². The molecule has 3 aromatic heterocycles. The van der Waals surface area contributed by atoms with Gasteiger partial charge in [0.15, 0.2) is 5.65 Å². The van der Waals surface area contributed by atoms with Gasteiger partial charge in [0.1, 0.15) is 25.0 Å². The molecule has 0 unspecified atom stereocenters. The second kappa shape index (κ2) is 17.8. The van der Waals surface area contributed by atoms with Crippen molar-refractivity contribution in [3.8, 4) is 22.4 Å². The summed E-state index contributed by atoms with van der Waals surface area (Å²) in [5.41, 5.74) is 5.65. The highest BCUT2D eigenvalue weighted by molar-refractivity contribution is 6.76. The van der Waals surface area contributed by atoms with E-state index in [9.17, 15) is 5.11 Å². The number of methoxy groups -OCH3 is 1. The Morgan fingerprint density at radius 2 is 1.57 bits per heavy atom. The standard InChI is InChI=1S/C41H61N5O5Si2/c1-10-51-31(2)37-38(33-18-20-41(28-47,48-3)21-19-33)44-39-35(34-16-17-36(42-26-34)32-14-12-11-13-15-32)27-43-46(39)40(37)45(29-49-22-24-52(4,5)6)30-50-23-25-53(7,8)9/h11-17,26-27,33,47H,2,10,18-25,28-30H2,1,3-9H3/t33-,41-. The number of ether oxygens (including phenoxy) is 4. The van der Waals surface area contributed by atoms with Gasteiger partial charge >= 0.3 is 0 Å². The highest BCUT2D eigenvalue weighted by Crippen LogP contribution is 2.44. The average Bonchev–Trinajstić information content (AvgIpc) is 3.57. The molecule has 1 fully saturated rings. The van der Waals surface area contributed by atoms with E-state index in [-0.39, 0.29) is 12.5 Å². The molecule has 0 amide bonds. The monoisotopic (exact) mass is 759 g/mol. The maximum Gasteiger partial charge on any atom is 0.165 e. The number of benzene rings is 1. The Kier molecular flexibility index (Phi) is 13.7. The summed E-state index contributed by atoms with van der Waals surface area (Å²) >= 11 is 0. The van der Waals surface area contributed by atoms with Crippen molar-refractivity contribution in [1.82, 2.24) is 19.6 Å². The van der Waals surface area contributed by atoms with Crippen molar-refractivity contribution in [2.45, 2.75) is 95.5 Å². The van der Waals surface area contributed by atoms with Crippen molar-refractivity contribution in [3.05, 3.63) is 72.7 Å². The second-order valence-electron chi connectivity index (χ2n) is 16.7. The predicted octanol–water partition coefficient (Wildman–Crippen LogP) is 8.93. The number of rotatable bonds is 19. The molecule has 10 nitrogen and oxygen atoms in total. The number of pyridine rings is 1. The third kappa shape index (κ3) is 10.4. The van der Waals surface area contributed by atoms with Crippen LogP contribution in [0.2, 0.25) is 51.4 Å². The Bertz CT molecular complexity index is 1750. The van der Waals surface area contributed by atoms with Gasteiger partial charge in [0, 0.05) is 65.3 Å². The van der Waals surface area contributed by atoms with E-state index in [1.54, 1.807) is 7.11 Å². The van der Waals surface area contributed by atoms with E-state index in [1.165, 1.54) is 0 Å². The lowest BCUT2D eigenvalue weighted by atomic mass is 9.76. The maximum atomic E-state index is 10.3. The second-order valence-corrected chi connectivity index (χ2v) is 27.9. The summed E-state index contributed by atoms with van der Waals surface area (Å²) in [4.78, 5) is 12.4. The highest BCUT2D eigenvalue weighted by atomic mass is 28.3. The minimum atomic E-state index is -1.32. The Morgan fingerprint density at radius 1 is 0.925 bits per heavy atom. The topological polar surface area (TPSA) is 103 Å². The van der Waals surface area contributed by atoms with Crippen molar-refractivity contribution < 1.29 is 24.1 Å². The number of hydrogen-bond acceptors (Lipinski definition) is 9. The number of fused-ring (bicyclic) bond motifs is 1. The number of nitrogens with zero attached hydrogens (tertiary/aromatic N) is 5. The van der Waals surface area contributed by atoms with Crippen LogP contribution in [0.1, 0.15) is 49.8 Å². The number of aliphatic hydroxyl groups excluding tert-OH is 1. The zero-order valence-electron chi connectivity index (χ0n) is 33.3. The quantitative estimate of drug-likeness (QED) is 0.0435. The summed E-state index contributed by atoms with van der Waals surface area (Å²) in [6.07, 6.45) is 6.79. The molecular formula is C41H61N5O5Si2. The molecule has 0 radical (unpaired) electrons. The van der Waals surface area contributed by atoms with E-state index in [0.29, 0.717) is 51.9 Å². The van der Waals surface area contributed by atoms with Crippen LogP contribution in [0, 0.1) is 0 Å². The Balaban J connectivity index is 1.66. The van der Waals surface area contributed by atoms with Crippen LogP contribution >= 0.6 is 0 Å². The number of hydrogen-bond donors (Lipinski definition) is 1. The van der Waals surface area contributed by atoms with E-state index in [0.717, 1.165) is 70.0 Å². The first-order valence-corrected chi connectivity index (χ1v) is 26.5. The summed E-state index contributed by atoms with van der Waals surface area (Å²) in [6, 6.07) is 16.4. The minimum Gasteiger partial charge on any atom is -0.494 e. The summed E-state index contributed by atoms with van der Waals surface area (Å²) in [5.74, 6) is 1.40. The van der Waals surface area contributed by atoms with Gasteiger partial charge in [-0.2, -0.15) is 9.61 Å². The molecule has 3 heterocycles. The summed E-state index contributed by atoms with van der Waals surface area (Å²) < 4.78 is 26.9. The van der Waals surface area contributed by atoms with Gasteiger partial charge in [0.25, 0.3) is 0 Å². The van der Waals surface area contributed by atoms with Gasteiger partial charge in [-0.05, 0) is 50.8 Å². The molecule has 1 N–H and O–H groups in total. The van der Waals surface area contributed by atoms with Crippen molar-refractivity contribution in [2.24, 2.45) is 0 Å². The average molecular weight is 760 g/mol. The fourth-order valence-corrected chi connectivity index (χ4v) is 8.26. The molecule has 12 heteroatoms. The third-order valence-corrected chi connectivity index (χ3v) is 13.6. The van der Waals surface area contributed by atoms with Crippen LogP contribution in [0.4, 0.5) is 5.82 Å². The molecule has 53 heavy (non-hydrogen) atoms. The SMILES string of the molecule is C=C(OCC)c1c(N(COCC[Si](C)(C)C)COCC[Si](C)(C)C)n2ncc(-c3ccc(-c4ccccc4)nc3)c2nc1[C@H]1CC[C@](CO)(OC)CC1. The molecule has 1 aliphatic rings. The van der Waals surface area contributed by atoms with E-state index < -0.39 is 21.7 Å². The van der Waals surface area contributed by atoms with Gasteiger partial charge in [-0.25, -0.2) is 4.98 Å². The van der Waals surface area contributed by atoms with E-state index in [1.807, 2.05) is 48.1 Å². The van der Waals surface area contributed by atoms with Gasteiger partial charge in [-0.15, -0.1) is 0 Å². The van der Waals surface area contributed by atoms with E-state index in [2.05, 4.69) is 69.0 Å². The van der Waals surface area contributed by atoms with Crippen molar-refractivity contribution in [3.63, 3.8) is 0 Å². The maximum absolute atomic E-state index is 10.3. The van der Waals surface area contributed by atoms with Gasteiger partial charge < -0.3 is 29.0 Å². The lowest BCUT2D eigenvalue weighted by molar-refractivity contribution is -0.0785. The fourth-order valence-electron chi connectivity index (χ4n) is 6.74. The van der Waals surface area contributed by atoms with Crippen LogP contribution in [0.5, 0.6) is 0 Å². The third-order valence-electron chi connectivity index (χ3n) is 10.2. The number of aliphatic hydroxyl groups is 1. The van der Waals surface area contributed by atoms with Gasteiger partial charge in [0.2, 0.25) is 0 Å². The summed E-state index contributed by atoms with van der Waals surface area (Å²) in [6.45, 7) is 23.0. The molecule has 288 valence electrons. The van der Waals surface area contributed by atoms with Crippen LogP contribution in [-0.4, -0.2) is 93.4 Å². The largest absolute Gasteiger partial charge is 0.494 e. The van der Waals surface area contributed by atoms with Gasteiger partial charge in [0.05, 0.1) is 42.0 Å². The molecule has 5 rings (SSSR count). The normalized spacial score (nSPS) is 18.0. The molecule has 0 saturated heterocycles. The predicted molar refractivity (Wildman–Crippen MR) is 221 cm³/mol. The first-order chi connectivity index (χ1) is 25.3. The Morgan fingerprint density at radius 3 is 2.09 bits per heavy atom. The zero-order chi connectivity index (χ0) is 38.2. The molecular weight excluding hydrogens is 699 g/mol. The van der Waals surface area contributed by atoms with Crippen LogP contribution in [0.3, 0.4) is 0 Å². The van der Waals surface area contributed by atoms with Gasteiger partial charge in [-0.1, -0.05) is 82.3 Å². The highest BCUT2D eigenvalue weighted by Gasteiger charge is 2.38. The number of aromatic nitrogens is 4. The lowest BCUT2D eigenvalue weighted by Gasteiger charge is -2.38. The van der Waals surface area contributed by atoms with Crippen LogP contribution in [0.25, 0.3) is 33.8 Å². The van der Waals surface area contributed by atoms with E-state index >= 15 is 0 Å². The molecule has 1 saturated carbocycles. The lowest BCUT2D eigenvalue weighted by Crippen LogP contribution is -2.39. The zero-order valence-corrected chi connectivity index (χ0v) is 35.3. The van der Waals surface area contributed by atoms with Crippen LogP contribution < -0.4 is 4.90 Å². The van der Waals surface area contributed by atoms with Gasteiger partial charge in [-0.3, -0.25) is 4.98 Å². The first-order valence-electron chi connectivity index (χ1n) is 19.1. The van der Waals surface area contributed by atoms with E-state index in [4.69, 9.17) is 34.0 Å². The molecule has 0 aliphatic heterocycles. The summed E-state index contributed by atoms with van der Waals surface area (Å²) in [5, 5.41) is 15.3.